The summed E-state index contributed by atoms with van der Waals surface area (Å²) in [6.07, 6.45) is 2.97. The number of hydrogen-bond donors (Lipinski definition) is 3. The van der Waals surface area contributed by atoms with Crippen molar-refractivity contribution in [2.45, 2.75) is 13.8 Å². The number of aliphatic imine (C=N–C) groups is 1. The molecule has 0 unspecified atom stereocenters. The molecule has 9 heteroatoms. The van der Waals surface area contributed by atoms with Gasteiger partial charge in [0.15, 0.2) is 5.84 Å². The van der Waals surface area contributed by atoms with Crippen molar-refractivity contribution in [1.82, 2.24) is 14.8 Å². The van der Waals surface area contributed by atoms with E-state index in [0.717, 1.165) is 11.9 Å². The normalized spacial score (nSPS) is 10.6. The van der Waals surface area contributed by atoms with Crippen LogP contribution in [0.5, 0.6) is 0 Å². The van der Waals surface area contributed by atoms with Crippen molar-refractivity contribution in [3.05, 3.63) is 59.4 Å². The molecule has 3 aromatic rings. The average molecular weight is 398 g/mol. The number of amidine groups is 1. The first-order chi connectivity index (χ1) is 13.6. The minimum Gasteiger partial charge on any atom is -0.382 e. The first kappa shape index (κ1) is 20.8. The van der Waals surface area contributed by atoms with E-state index in [1.165, 1.54) is 0 Å². The highest BCUT2D eigenvalue weighted by Gasteiger charge is 2.16. The quantitative estimate of drug-likeness (QED) is 0.334. The average Bonchev–Trinajstić information content (AvgIpc) is 3.16. The monoisotopic (exact) mass is 397 g/mol. The molecule has 0 saturated heterocycles. The molecule has 4 N–H and O–H groups in total. The molecule has 0 aliphatic carbocycles. The van der Waals surface area contributed by atoms with Crippen LogP contribution in [0, 0.1) is 5.41 Å². The summed E-state index contributed by atoms with van der Waals surface area (Å²) in [7, 11) is 0. The number of anilines is 1. The van der Waals surface area contributed by atoms with Crippen LogP contribution in [0.2, 0.25) is 5.02 Å². The third-order valence-corrected chi connectivity index (χ3v) is 3.84. The third kappa shape index (κ3) is 4.60. The molecule has 1 aromatic carbocycles. The summed E-state index contributed by atoms with van der Waals surface area (Å²) in [6, 6.07) is 12.3. The van der Waals surface area contributed by atoms with Crippen LogP contribution in [0.15, 0.2) is 53.7 Å². The number of pyridine rings is 1. The molecule has 2 heterocycles. The maximum Gasteiger partial charge on any atom is 0.212 e. The summed E-state index contributed by atoms with van der Waals surface area (Å²) < 4.78 is 1.56. The number of amides is 1. The second-order valence-corrected chi connectivity index (χ2v) is 5.52. The van der Waals surface area contributed by atoms with Crippen LogP contribution in [0.25, 0.3) is 16.9 Å². The van der Waals surface area contributed by atoms with Gasteiger partial charge in [-0.15, -0.1) is 0 Å². The van der Waals surface area contributed by atoms with Gasteiger partial charge in [-0.2, -0.15) is 5.10 Å². The second-order valence-electron chi connectivity index (χ2n) is 5.11. The zero-order valence-corrected chi connectivity index (χ0v) is 16.2. The van der Waals surface area contributed by atoms with Crippen molar-refractivity contribution >= 4 is 36.0 Å². The van der Waals surface area contributed by atoms with Crippen LogP contribution in [-0.4, -0.2) is 33.3 Å². The Morgan fingerprint density at radius 3 is 2.71 bits per heavy atom. The Hall–Kier alpha value is -3.52. The minimum atomic E-state index is 0.124. The third-order valence-electron chi connectivity index (χ3n) is 3.52. The van der Waals surface area contributed by atoms with Gasteiger partial charge in [-0.05, 0) is 30.3 Å². The number of carbonyl (C=O) groups is 1. The predicted molar refractivity (Wildman–Crippen MR) is 112 cm³/mol. The smallest absolute Gasteiger partial charge is 0.212 e. The zero-order chi connectivity index (χ0) is 20.5. The molecule has 0 spiro atoms. The first-order valence-electron chi connectivity index (χ1n) is 8.48. The molecule has 1 amide bonds. The van der Waals surface area contributed by atoms with Crippen molar-refractivity contribution in [3.8, 4) is 16.9 Å². The van der Waals surface area contributed by atoms with E-state index in [1.54, 1.807) is 41.2 Å². The van der Waals surface area contributed by atoms with Crippen molar-refractivity contribution < 1.29 is 4.79 Å². The van der Waals surface area contributed by atoms with Crippen LogP contribution < -0.4 is 11.1 Å². The van der Waals surface area contributed by atoms with Crippen molar-refractivity contribution in [1.29, 1.82) is 5.41 Å². The molecule has 8 nitrogen and oxygen atoms in total. The van der Waals surface area contributed by atoms with Gasteiger partial charge in [0.1, 0.15) is 17.9 Å². The summed E-state index contributed by atoms with van der Waals surface area (Å²) in [6.45, 7) is 4.00. The van der Waals surface area contributed by atoms with Gasteiger partial charge < -0.3 is 11.1 Å². The van der Waals surface area contributed by atoms with Crippen LogP contribution in [0.4, 0.5) is 5.82 Å². The molecule has 0 radical (unpaired) electrons. The van der Waals surface area contributed by atoms with Crippen molar-refractivity contribution in [2.75, 3.05) is 5.32 Å². The number of carbonyl (C=O) groups excluding carboxylic acids is 1. The summed E-state index contributed by atoms with van der Waals surface area (Å²) in [5.41, 5.74) is 8.40. The lowest BCUT2D eigenvalue weighted by atomic mass is 10.2. The summed E-state index contributed by atoms with van der Waals surface area (Å²) >= 11 is 6.29. The predicted octanol–water partition coefficient (Wildman–Crippen LogP) is 3.49. The fourth-order valence-corrected chi connectivity index (χ4v) is 2.59. The highest BCUT2D eigenvalue weighted by Crippen LogP contribution is 2.26. The summed E-state index contributed by atoms with van der Waals surface area (Å²) in [4.78, 5) is 18.5. The summed E-state index contributed by atoms with van der Waals surface area (Å²) in [5.74, 6) is 0.520. The highest BCUT2D eigenvalue weighted by molar-refractivity contribution is 6.32. The first-order valence-corrected chi connectivity index (χ1v) is 8.86. The van der Waals surface area contributed by atoms with E-state index in [-0.39, 0.29) is 5.84 Å². The number of para-hydroxylation sites is 1. The van der Waals surface area contributed by atoms with E-state index in [9.17, 15) is 4.79 Å². The molecule has 0 bridgehead atoms. The lowest BCUT2D eigenvalue weighted by molar-refractivity contribution is -0.105. The van der Waals surface area contributed by atoms with Gasteiger partial charge in [0, 0.05) is 11.8 Å². The lowest BCUT2D eigenvalue weighted by Gasteiger charge is -2.08. The Morgan fingerprint density at radius 2 is 2.04 bits per heavy atom. The van der Waals surface area contributed by atoms with E-state index < -0.39 is 0 Å². The molecule has 0 atom stereocenters. The van der Waals surface area contributed by atoms with E-state index in [2.05, 4.69) is 20.4 Å². The fourth-order valence-electron chi connectivity index (χ4n) is 2.38. The number of benzene rings is 1. The van der Waals surface area contributed by atoms with Crippen molar-refractivity contribution in [2.24, 2.45) is 10.7 Å². The number of halogens is 1. The largest absolute Gasteiger partial charge is 0.382 e. The molecule has 144 valence electrons. The van der Waals surface area contributed by atoms with Gasteiger partial charge in [-0.25, -0.2) is 14.7 Å². The Bertz CT molecular complexity index is 997. The number of hydrogen-bond acceptors (Lipinski definition) is 4. The number of aromatic nitrogens is 3. The maximum atomic E-state index is 10.6. The highest BCUT2D eigenvalue weighted by atomic mass is 35.5. The molecule has 0 aliphatic rings. The van der Waals surface area contributed by atoms with Gasteiger partial charge in [0.25, 0.3) is 0 Å². The number of nitrogens with zero attached hydrogens (tertiary/aromatic N) is 4. The second kappa shape index (κ2) is 9.98. The molecule has 0 aliphatic heterocycles. The Morgan fingerprint density at radius 1 is 1.29 bits per heavy atom. The Labute approximate surface area is 167 Å². The SMILES string of the molecule is CC.N=CN=C(N)c1cc(-c2ccnc(NC=O)c2)nn1-c1ccccc1Cl. The number of nitrogens with one attached hydrogen (secondary N) is 2. The van der Waals surface area contributed by atoms with Gasteiger partial charge >= 0.3 is 0 Å². The number of nitrogens with two attached hydrogens (primary N) is 1. The van der Waals surface area contributed by atoms with Gasteiger partial charge in [-0.1, -0.05) is 37.6 Å². The molecule has 0 saturated carbocycles. The topological polar surface area (TPSA) is 122 Å². The van der Waals surface area contributed by atoms with Gasteiger partial charge in [0.05, 0.1) is 16.4 Å². The van der Waals surface area contributed by atoms with Crippen LogP contribution in [0.1, 0.15) is 19.5 Å². The van der Waals surface area contributed by atoms with Crippen molar-refractivity contribution in [3.63, 3.8) is 0 Å². The molecular weight excluding hydrogens is 378 g/mol. The molecular formula is C19H20ClN7O. The zero-order valence-electron chi connectivity index (χ0n) is 15.4. The fraction of sp³-hybridized carbons (Fsp3) is 0.105. The molecule has 28 heavy (non-hydrogen) atoms. The van der Waals surface area contributed by atoms with E-state index >= 15 is 0 Å². The maximum absolute atomic E-state index is 10.6. The van der Waals surface area contributed by atoms with Crippen LogP contribution in [0.3, 0.4) is 0 Å². The molecule has 3 rings (SSSR count). The summed E-state index contributed by atoms with van der Waals surface area (Å²) in [5, 5.41) is 14.7. The van der Waals surface area contributed by atoms with Gasteiger partial charge in [0.2, 0.25) is 6.41 Å². The van der Waals surface area contributed by atoms with Crippen LogP contribution >= 0.6 is 11.6 Å². The number of rotatable bonds is 6. The Balaban J connectivity index is 0.00000136. The standard InChI is InChI=1S/C17H14ClN7O.C2H6/c18-12-3-1-2-4-14(12)25-15(17(20)22-9-19)8-13(24-25)11-5-6-21-16(7-11)23-10-26;1-2/h1-10H,(H3,19,20,22)(H,21,23,26);1-2H3. The molecule has 2 aromatic heterocycles. The van der Waals surface area contributed by atoms with Crippen LogP contribution in [-0.2, 0) is 4.79 Å². The minimum absolute atomic E-state index is 0.124. The van der Waals surface area contributed by atoms with E-state index in [4.69, 9.17) is 22.7 Å². The Kier molecular flexibility index (Phi) is 7.41. The van der Waals surface area contributed by atoms with E-state index in [1.807, 2.05) is 26.0 Å². The van der Waals surface area contributed by atoms with E-state index in [0.29, 0.717) is 34.3 Å². The van der Waals surface area contributed by atoms with Gasteiger partial charge in [-0.3, -0.25) is 10.2 Å². The molecule has 0 fully saturated rings. The lowest BCUT2D eigenvalue weighted by Crippen LogP contribution is -2.18.